The number of non-ortho nitro benzene ring substituents is 1. The first-order valence-electron chi connectivity index (χ1n) is 10.0. The van der Waals surface area contributed by atoms with Crippen molar-refractivity contribution < 1.29 is 19.2 Å². The van der Waals surface area contributed by atoms with E-state index in [4.69, 9.17) is 9.47 Å². The Kier molecular flexibility index (Phi) is 4.78. The van der Waals surface area contributed by atoms with Gasteiger partial charge in [0, 0.05) is 30.1 Å². The lowest BCUT2D eigenvalue weighted by molar-refractivity contribution is -0.384. The molecule has 164 valence electrons. The predicted molar refractivity (Wildman–Crippen MR) is 122 cm³/mol. The SMILES string of the molecule is Cn1c(NC(=O)c2ccc([N+](=O)[O-])cc2)c(-c2ccc3c(c2)OCO3)c(=O)c2ccccc21. The molecule has 1 N–H and O–H groups in total. The number of nitrogens with zero attached hydrogens (tertiary/aromatic N) is 2. The molecule has 0 saturated heterocycles. The van der Waals surface area contributed by atoms with Crippen LogP contribution in [0.3, 0.4) is 0 Å². The fraction of sp³-hybridized carbons (Fsp3) is 0.0833. The summed E-state index contributed by atoms with van der Waals surface area (Å²) in [6.07, 6.45) is 0. The van der Waals surface area contributed by atoms with Crippen LogP contribution in [-0.4, -0.2) is 22.2 Å². The molecule has 0 unspecified atom stereocenters. The smallest absolute Gasteiger partial charge is 0.269 e. The van der Waals surface area contributed by atoms with Crippen molar-refractivity contribution in [3.8, 4) is 22.6 Å². The molecule has 0 bridgehead atoms. The van der Waals surface area contributed by atoms with E-state index in [9.17, 15) is 19.7 Å². The number of nitro benzene ring substituents is 1. The molecular weight excluding hydrogens is 426 g/mol. The maximum absolute atomic E-state index is 13.5. The first-order valence-corrected chi connectivity index (χ1v) is 10.0. The number of pyridine rings is 1. The average molecular weight is 443 g/mol. The molecule has 0 atom stereocenters. The Balaban J connectivity index is 1.66. The van der Waals surface area contributed by atoms with Gasteiger partial charge >= 0.3 is 0 Å². The standard InChI is InChI=1S/C24H17N3O6/c1-26-18-5-3-2-4-17(18)22(28)21(15-8-11-19-20(12-15)33-13-32-19)23(26)25-24(29)14-6-9-16(10-7-14)27(30)31/h2-12H,13H2,1H3,(H,25,29). The molecule has 0 spiro atoms. The fourth-order valence-electron chi connectivity index (χ4n) is 3.87. The van der Waals surface area contributed by atoms with Gasteiger partial charge < -0.3 is 19.4 Å². The lowest BCUT2D eigenvalue weighted by atomic mass is 10.0. The van der Waals surface area contributed by atoms with E-state index in [1.165, 1.54) is 24.3 Å². The number of benzene rings is 3. The number of nitro groups is 1. The second-order valence-electron chi connectivity index (χ2n) is 7.46. The number of fused-ring (bicyclic) bond motifs is 2. The molecular formula is C24H17N3O6. The Labute approximate surface area is 186 Å². The fourth-order valence-corrected chi connectivity index (χ4v) is 3.87. The quantitative estimate of drug-likeness (QED) is 0.375. The second-order valence-corrected chi connectivity index (χ2v) is 7.46. The van der Waals surface area contributed by atoms with Gasteiger partial charge in [0.05, 0.1) is 16.0 Å². The number of hydrogen-bond acceptors (Lipinski definition) is 6. The normalized spacial score (nSPS) is 12.0. The summed E-state index contributed by atoms with van der Waals surface area (Å²) in [6, 6.07) is 17.5. The van der Waals surface area contributed by atoms with Gasteiger partial charge in [0.25, 0.3) is 11.6 Å². The van der Waals surface area contributed by atoms with E-state index >= 15 is 0 Å². The lowest BCUT2D eigenvalue weighted by Gasteiger charge is -2.18. The zero-order chi connectivity index (χ0) is 23.1. The van der Waals surface area contributed by atoms with Crippen LogP contribution in [0.1, 0.15) is 10.4 Å². The maximum atomic E-state index is 13.5. The van der Waals surface area contributed by atoms with Gasteiger partial charge in [-0.1, -0.05) is 18.2 Å². The van der Waals surface area contributed by atoms with Crippen molar-refractivity contribution in [2.75, 3.05) is 12.1 Å². The number of carbonyl (C=O) groups is 1. The van der Waals surface area contributed by atoms with E-state index in [0.29, 0.717) is 39.3 Å². The zero-order valence-corrected chi connectivity index (χ0v) is 17.4. The highest BCUT2D eigenvalue weighted by molar-refractivity contribution is 6.07. The molecule has 1 aliphatic heterocycles. The number of ether oxygens (including phenoxy) is 2. The topological polar surface area (TPSA) is 113 Å². The monoisotopic (exact) mass is 443 g/mol. The summed E-state index contributed by atoms with van der Waals surface area (Å²) < 4.78 is 12.6. The van der Waals surface area contributed by atoms with Crippen molar-refractivity contribution in [2.24, 2.45) is 7.05 Å². The molecule has 33 heavy (non-hydrogen) atoms. The lowest BCUT2D eigenvalue weighted by Crippen LogP contribution is -2.21. The number of aryl methyl sites for hydroxylation is 1. The number of aromatic nitrogens is 1. The molecule has 1 aromatic heterocycles. The minimum Gasteiger partial charge on any atom is -0.454 e. The molecule has 3 aromatic carbocycles. The third kappa shape index (κ3) is 3.45. The number of anilines is 1. The molecule has 9 heteroatoms. The molecule has 0 radical (unpaired) electrons. The third-order valence-electron chi connectivity index (χ3n) is 5.54. The Morgan fingerprint density at radius 2 is 1.76 bits per heavy atom. The Morgan fingerprint density at radius 3 is 2.52 bits per heavy atom. The van der Waals surface area contributed by atoms with Gasteiger partial charge in [0.15, 0.2) is 16.9 Å². The molecule has 0 fully saturated rings. The summed E-state index contributed by atoms with van der Waals surface area (Å²) in [5.74, 6) is 0.876. The Morgan fingerprint density at radius 1 is 1.03 bits per heavy atom. The van der Waals surface area contributed by atoms with Crippen LogP contribution in [0, 0.1) is 10.1 Å². The van der Waals surface area contributed by atoms with Crippen LogP contribution in [0.2, 0.25) is 0 Å². The second kappa shape index (κ2) is 7.79. The van der Waals surface area contributed by atoms with Crippen molar-refractivity contribution in [2.45, 2.75) is 0 Å². The zero-order valence-electron chi connectivity index (χ0n) is 17.4. The van der Waals surface area contributed by atoms with E-state index in [-0.39, 0.29) is 23.5 Å². The van der Waals surface area contributed by atoms with Gasteiger partial charge in [-0.05, 0) is 42.0 Å². The van der Waals surface area contributed by atoms with E-state index in [2.05, 4.69) is 5.32 Å². The minimum absolute atomic E-state index is 0.0955. The summed E-state index contributed by atoms with van der Waals surface area (Å²) in [6.45, 7) is 0.0955. The summed E-state index contributed by atoms with van der Waals surface area (Å²) in [7, 11) is 1.75. The highest BCUT2D eigenvalue weighted by Crippen LogP contribution is 2.37. The van der Waals surface area contributed by atoms with Crippen LogP contribution in [0.5, 0.6) is 11.5 Å². The number of para-hydroxylation sites is 1. The van der Waals surface area contributed by atoms with E-state index in [1.54, 1.807) is 48.0 Å². The van der Waals surface area contributed by atoms with Crippen LogP contribution < -0.4 is 20.2 Å². The minimum atomic E-state index is -0.535. The Bertz CT molecular complexity index is 1490. The highest BCUT2D eigenvalue weighted by Gasteiger charge is 2.22. The third-order valence-corrected chi connectivity index (χ3v) is 5.54. The average Bonchev–Trinajstić information content (AvgIpc) is 3.30. The predicted octanol–water partition coefficient (Wildman–Crippen LogP) is 4.09. The molecule has 1 aliphatic rings. The van der Waals surface area contributed by atoms with Crippen molar-refractivity contribution >= 4 is 28.3 Å². The van der Waals surface area contributed by atoms with Crippen LogP contribution in [0.15, 0.2) is 71.5 Å². The van der Waals surface area contributed by atoms with Crippen molar-refractivity contribution in [3.63, 3.8) is 0 Å². The largest absolute Gasteiger partial charge is 0.454 e. The van der Waals surface area contributed by atoms with Crippen LogP contribution >= 0.6 is 0 Å². The molecule has 1 amide bonds. The van der Waals surface area contributed by atoms with Gasteiger partial charge in [-0.3, -0.25) is 19.7 Å². The van der Waals surface area contributed by atoms with E-state index in [0.717, 1.165) is 0 Å². The van der Waals surface area contributed by atoms with Gasteiger partial charge in [-0.25, -0.2) is 0 Å². The van der Waals surface area contributed by atoms with Crippen molar-refractivity contribution in [3.05, 3.63) is 92.6 Å². The summed E-state index contributed by atoms with van der Waals surface area (Å²) in [5, 5.41) is 14.2. The first kappa shape index (κ1) is 20.3. The molecule has 2 heterocycles. The van der Waals surface area contributed by atoms with Gasteiger partial charge in [-0.2, -0.15) is 0 Å². The molecule has 0 saturated carbocycles. The number of rotatable bonds is 4. The van der Waals surface area contributed by atoms with E-state index < -0.39 is 10.8 Å². The first-order chi connectivity index (χ1) is 15.9. The van der Waals surface area contributed by atoms with Crippen LogP contribution in [-0.2, 0) is 7.05 Å². The number of carbonyl (C=O) groups excluding carboxylic acids is 1. The van der Waals surface area contributed by atoms with Gasteiger partial charge in [0.2, 0.25) is 6.79 Å². The number of nitrogens with one attached hydrogen (secondary N) is 1. The maximum Gasteiger partial charge on any atom is 0.269 e. The van der Waals surface area contributed by atoms with Crippen molar-refractivity contribution in [1.82, 2.24) is 4.57 Å². The Hall–Kier alpha value is -4.66. The van der Waals surface area contributed by atoms with E-state index in [1.807, 2.05) is 6.07 Å². The highest BCUT2D eigenvalue weighted by atomic mass is 16.7. The summed E-state index contributed by atoms with van der Waals surface area (Å²) >= 11 is 0. The number of hydrogen-bond donors (Lipinski definition) is 1. The summed E-state index contributed by atoms with van der Waals surface area (Å²) in [5.41, 5.74) is 1.35. The molecule has 9 nitrogen and oxygen atoms in total. The molecule has 4 aromatic rings. The molecule has 0 aliphatic carbocycles. The molecule has 5 rings (SSSR count). The van der Waals surface area contributed by atoms with Gasteiger partial charge in [0.1, 0.15) is 5.82 Å². The van der Waals surface area contributed by atoms with Crippen LogP contribution in [0.25, 0.3) is 22.0 Å². The van der Waals surface area contributed by atoms with Gasteiger partial charge in [-0.15, -0.1) is 0 Å². The van der Waals surface area contributed by atoms with Crippen LogP contribution in [0.4, 0.5) is 11.5 Å². The van der Waals surface area contributed by atoms with Crippen molar-refractivity contribution in [1.29, 1.82) is 0 Å². The summed E-state index contributed by atoms with van der Waals surface area (Å²) in [4.78, 5) is 36.9. The number of amides is 1.